The third-order valence-corrected chi connectivity index (χ3v) is 3.39. The second kappa shape index (κ2) is 3.67. The van der Waals surface area contributed by atoms with Gasteiger partial charge in [-0.2, -0.15) is 0 Å². The molecule has 0 amide bonds. The van der Waals surface area contributed by atoms with E-state index in [0.29, 0.717) is 4.96 Å². The van der Waals surface area contributed by atoms with Crippen LogP contribution in [-0.2, 0) is 6.42 Å². The first-order valence-corrected chi connectivity index (χ1v) is 5.52. The maximum Gasteiger partial charge on any atom is 0.355 e. The largest absolute Gasteiger partial charge is 0.355 e. The van der Waals surface area contributed by atoms with E-state index in [1.807, 2.05) is 6.92 Å². The molecule has 0 unspecified atom stereocenters. The maximum absolute atomic E-state index is 11.8. The molecule has 7 heteroatoms. The van der Waals surface area contributed by atoms with E-state index in [1.54, 1.807) is 6.20 Å². The standard InChI is InChI=1S/C9H9N3O3S/c1-3-6-4-11-8(13)7(12(14)15)5(2)10-9(11)16-6/h4H,3H2,1-2H3. The Morgan fingerprint density at radius 2 is 2.31 bits per heavy atom. The van der Waals surface area contributed by atoms with Crippen molar-refractivity contribution in [3.8, 4) is 0 Å². The van der Waals surface area contributed by atoms with Crippen LogP contribution in [0, 0.1) is 17.0 Å². The molecular formula is C9H9N3O3S. The van der Waals surface area contributed by atoms with E-state index < -0.39 is 16.2 Å². The van der Waals surface area contributed by atoms with Crippen molar-refractivity contribution < 1.29 is 4.92 Å². The minimum atomic E-state index is -0.680. The van der Waals surface area contributed by atoms with Gasteiger partial charge in [0.05, 0.1) is 4.92 Å². The van der Waals surface area contributed by atoms with Crippen molar-refractivity contribution in [3.63, 3.8) is 0 Å². The summed E-state index contributed by atoms with van der Waals surface area (Å²) in [6.07, 6.45) is 2.39. The number of fused-ring (bicyclic) bond motifs is 1. The maximum atomic E-state index is 11.8. The fourth-order valence-electron chi connectivity index (χ4n) is 1.45. The summed E-state index contributed by atoms with van der Waals surface area (Å²) in [5, 5.41) is 10.7. The SMILES string of the molecule is CCc1cn2c(=O)c([N+](=O)[O-])c(C)nc2s1. The number of hydrogen-bond donors (Lipinski definition) is 0. The average Bonchev–Trinajstić information content (AvgIpc) is 2.60. The first kappa shape index (κ1) is 10.7. The van der Waals surface area contributed by atoms with Crippen LogP contribution in [0.1, 0.15) is 17.5 Å². The van der Waals surface area contributed by atoms with Gasteiger partial charge in [-0.05, 0) is 13.3 Å². The number of thiazole rings is 1. The molecule has 84 valence electrons. The van der Waals surface area contributed by atoms with Gasteiger partial charge in [-0.15, -0.1) is 11.3 Å². The van der Waals surface area contributed by atoms with Gasteiger partial charge < -0.3 is 0 Å². The van der Waals surface area contributed by atoms with Crippen molar-refractivity contribution in [2.45, 2.75) is 20.3 Å². The summed E-state index contributed by atoms with van der Waals surface area (Å²) in [6.45, 7) is 3.43. The lowest BCUT2D eigenvalue weighted by atomic mass is 10.4. The predicted molar refractivity (Wildman–Crippen MR) is 60.1 cm³/mol. The molecule has 0 saturated carbocycles. The molecule has 0 spiro atoms. The fourth-order valence-corrected chi connectivity index (χ4v) is 2.41. The van der Waals surface area contributed by atoms with Crippen LogP contribution in [0.4, 0.5) is 5.69 Å². The van der Waals surface area contributed by atoms with Gasteiger partial charge in [0.1, 0.15) is 5.69 Å². The Hall–Kier alpha value is -1.76. The predicted octanol–water partition coefficient (Wildman–Crippen LogP) is 1.54. The summed E-state index contributed by atoms with van der Waals surface area (Å²) in [5.74, 6) is 0. The van der Waals surface area contributed by atoms with Gasteiger partial charge in [-0.1, -0.05) is 6.92 Å². The summed E-state index contributed by atoms with van der Waals surface area (Å²) in [5.41, 5.74) is -0.888. The first-order chi connectivity index (χ1) is 7.54. The third kappa shape index (κ3) is 1.49. The number of aryl methyl sites for hydroxylation is 2. The zero-order valence-corrected chi connectivity index (χ0v) is 9.58. The molecule has 0 aliphatic rings. The van der Waals surface area contributed by atoms with Crippen LogP contribution in [0.25, 0.3) is 4.96 Å². The number of hydrogen-bond acceptors (Lipinski definition) is 5. The minimum Gasteiger partial charge on any atom is -0.261 e. The highest BCUT2D eigenvalue weighted by Gasteiger charge is 2.21. The molecule has 0 bridgehead atoms. The molecule has 0 radical (unpaired) electrons. The molecule has 0 aliphatic heterocycles. The highest BCUT2D eigenvalue weighted by Crippen LogP contribution is 2.18. The van der Waals surface area contributed by atoms with Crippen LogP contribution in [0.15, 0.2) is 11.0 Å². The molecule has 2 aromatic rings. The molecule has 0 fully saturated rings. The van der Waals surface area contributed by atoms with E-state index in [-0.39, 0.29) is 5.69 Å². The Bertz CT molecular complexity index is 629. The van der Waals surface area contributed by atoms with Crippen LogP contribution in [0.3, 0.4) is 0 Å². The Labute approximate surface area is 94.3 Å². The molecule has 2 heterocycles. The average molecular weight is 239 g/mol. The van der Waals surface area contributed by atoms with Gasteiger partial charge in [-0.3, -0.25) is 19.3 Å². The molecule has 16 heavy (non-hydrogen) atoms. The van der Waals surface area contributed by atoms with Crippen molar-refractivity contribution in [1.29, 1.82) is 0 Å². The summed E-state index contributed by atoms with van der Waals surface area (Å²) in [6, 6.07) is 0. The lowest BCUT2D eigenvalue weighted by molar-refractivity contribution is -0.387. The monoisotopic (exact) mass is 239 g/mol. The van der Waals surface area contributed by atoms with Gasteiger partial charge in [0.25, 0.3) is 0 Å². The van der Waals surface area contributed by atoms with Gasteiger partial charge in [0.15, 0.2) is 4.96 Å². The molecule has 0 atom stereocenters. The van der Waals surface area contributed by atoms with Gasteiger partial charge >= 0.3 is 11.2 Å². The van der Waals surface area contributed by atoms with E-state index >= 15 is 0 Å². The summed E-state index contributed by atoms with van der Waals surface area (Å²) >= 11 is 1.38. The van der Waals surface area contributed by atoms with Crippen molar-refractivity contribution in [1.82, 2.24) is 9.38 Å². The van der Waals surface area contributed by atoms with Crippen molar-refractivity contribution in [2.75, 3.05) is 0 Å². The zero-order chi connectivity index (χ0) is 11.9. The quantitative estimate of drug-likeness (QED) is 0.588. The lowest BCUT2D eigenvalue weighted by Crippen LogP contribution is -2.18. The van der Waals surface area contributed by atoms with Crippen molar-refractivity contribution in [3.05, 3.63) is 37.2 Å². The fraction of sp³-hybridized carbons (Fsp3) is 0.333. The minimum absolute atomic E-state index is 0.166. The summed E-state index contributed by atoms with van der Waals surface area (Å²) < 4.78 is 1.24. The van der Waals surface area contributed by atoms with E-state index in [9.17, 15) is 14.9 Å². The number of nitrogens with zero attached hydrogens (tertiary/aromatic N) is 3. The van der Waals surface area contributed by atoms with Crippen LogP contribution < -0.4 is 5.56 Å². The third-order valence-electron chi connectivity index (χ3n) is 2.26. The zero-order valence-electron chi connectivity index (χ0n) is 8.76. The molecule has 0 N–H and O–H groups in total. The second-order valence-corrected chi connectivity index (χ2v) is 4.41. The Morgan fingerprint density at radius 3 is 2.88 bits per heavy atom. The van der Waals surface area contributed by atoms with Gasteiger partial charge in [0, 0.05) is 11.1 Å². The highest BCUT2D eigenvalue weighted by molar-refractivity contribution is 7.17. The number of rotatable bonds is 2. The summed E-state index contributed by atoms with van der Waals surface area (Å²) in [7, 11) is 0. The molecule has 0 saturated heterocycles. The lowest BCUT2D eigenvalue weighted by Gasteiger charge is -1.96. The van der Waals surface area contributed by atoms with Crippen molar-refractivity contribution in [2.24, 2.45) is 0 Å². The molecule has 0 aromatic carbocycles. The van der Waals surface area contributed by atoms with Crippen LogP contribution in [0.5, 0.6) is 0 Å². The first-order valence-electron chi connectivity index (χ1n) is 4.70. The van der Waals surface area contributed by atoms with Gasteiger partial charge in [0.2, 0.25) is 0 Å². The number of aromatic nitrogens is 2. The van der Waals surface area contributed by atoms with Crippen LogP contribution in [0.2, 0.25) is 0 Å². The normalized spacial score (nSPS) is 10.9. The molecular weight excluding hydrogens is 230 g/mol. The second-order valence-electron chi connectivity index (χ2n) is 3.31. The topological polar surface area (TPSA) is 77.5 Å². The molecule has 0 aliphatic carbocycles. The van der Waals surface area contributed by atoms with Gasteiger partial charge in [-0.25, -0.2) is 4.98 Å². The van der Waals surface area contributed by atoms with Crippen molar-refractivity contribution >= 4 is 22.0 Å². The van der Waals surface area contributed by atoms with E-state index in [4.69, 9.17) is 0 Å². The number of nitro groups is 1. The Balaban J connectivity index is 2.87. The van der Waals surface area contributed by atoms with Crippen LogP contribution >= 0.6 is 11.3 Å². The molecule has 2 rings (SSSR count). The highest BCUT2D eigenvalue weighted by atomic mass is 32.1. The van der Waals surface area contributed by atoms with E-state index in [2.05, 4.69) is 4.98 Å². The molecule has 6 nitrogen and oxygen atoms in total. The van der Waals surface area contributed by atoms with E-state index in [0.717, 1.165) is 11.3 Å². The smallest absolute Gasteiger partial charge is 0.261 e. The Kier molecular flexibility index (Phi) is 2.47. The van der Waals surface area contributed by atoms with E-state index in [1.165, 1.54) is 22.7 Å². The summed E-state index contributed by atoms with van der Waals surface area (Å²) in [4.78, 5) is 27.4. The molecule has 2 aromatic heterocycles. The van der Waals surface area contributed by atoms with Crippen LogP contribution in [-0.4, -0.2) is 14.3 Å². The Morgan fingerprint density at radius 1 is 1.62 bits per heavy atom.